The van der Waals surface area contributed by atoms with E-state index in [2.05, 4.69) is 0 Å². The largest absolute Gasteiger partial charge is 0.381 e. The minimum absolute atomic E-state index is 0.109. The van der Waals surface area contributed by atoms with Gasteiger partial charge in [0.2, 0.25) is 6.04 Å². The number of rotatable bonds is 7. The lowest BCUT2D eigenvalue weighted by molar-refractivity contribution is -0.536. The molecule has 0 unspecified atom stereocenters. The lowest BCUT2D eigenvalue weighted by atomic mass is 9.98. The lowest BCUT2D eigenvalue weighted by Gasteiger charge is -2.16. The molecule has 0 heterocycles. The summed E-state index contributed by atoms with van der Waals surface area (Å²) >= 11 is 0. The van der Waals surface area contributed by atoms with Crippen molar-refractivity contribution in [2.45, 2.75) is 38.3 Å². The zero-order chi connectivity index (χ0) is 14.4. The molecule has 1 aromatic carbocycles. The number of nitro benzene ring substituents is 1. The Bertz CT molecular complexity index is 446. The van der Waals surface area contributed by atoms with Crippen molar-refractivity contribution in [2.75, 3.05) is 0 Å². The van der Waals surface area contributed by atoms with Gasteiger partial charge in [-0.05, 0) is 24.1 Å². The Morgan fingerprint density at radius 2 is 1.79 bits per heavy atom. The van der Waals surface area contributed by atoms with Crippen molar-refractivity contribution in [3.05, 3.63) is 50.1 Å². The molecule has 0 aliphatic rings. The Labute approximate surface area is 110 Å². The van der Waals surface area contributed by atoms with E-state index in [9.17, 15) is 25.3 Å². The van der Waals surface area contributed by atoms with Gasteiger partial charge in [-0.3, -0.25) is 20.2 Å². The van der Waals surface area contributed by atoms with Crippen LogP contribution in [-0.4, -0.2) is 21.0 Å². The van der Waals surface area contributed by atoms with E-state index in [4.69, 9.17) is 0 Å². The molecule has 2 atom stereocenters. The normalized spacial score (nSPS) is 13.8. The highest BCUT2D eigenvalue weighted by Gasteiger charge is 2.30. The smallest absolute Gasteiger partial charge is 0.269 e. The molecule has 0 spiro atoms. The summed E-state index contributed by atoms with van der Waals surface area (Å²) < 4.78 is 0. The first-order valence-electron chi connectivity index (χ1n) is 6.03. The average Bonchev–Trinajstić information content (AvgIpc) is 2.38. The third-order valence-electron chi connectivity index (χ3n) is 2.93. The van der Waals surface area contributed by atoms with Gasteiger partial charge in [-0.25, -0.2) is 0 Å². The van der Waals surface area contributed by atoms with E-state index in [0.717, 1.165) is 6.42 Å². The number of nitro groups is 2. The predicted octanol–water partition coefficient (Wildman–Crippen LogP) is 2.46. The number of aliphatic hydroxyl groups is 1. The second-order valence-corrected chi connectivity index (χ2v) is 4.29. The van der Waals surface area contributed by atoms with Crippen LogP contribution in [0.25, 0.3) is 0 Å². The first-order chi connectivity index (χ1) is 8.97. The van der Waals surface area contributed by atoms with E-state index >= 15 is 0 Å². The summed E-state index contributed by atoms with van der Waals surface area (Å²) in [6.45, 7) is 1.91. The fourth-order valence-corrected chi connectivity index (χ4v) is 1.81. The molecule has 0 aromatic heterocycles. The van der Waals surface area contributed by atoms with Gasteiger partial charge < -0.3 is 5.11 Å². The van der Waals surface area contributed by atoms with Gasteiger partial charge in [0.25, 0.3) is 5.69 Å². The molecule has 7 nitrogen and oxygen atoms in total. The second-order valence-electron chi connectivity index (χ2n) is 4.29. The number of unbranched alkanes of at least 4 members (excludes halogenated alkanes) is 1. The molecule has 1 rings (SSSR count). The van der Waals surface area contributed by atoms with Gasteiger partial charge in [0.05, 0.1) is 4.92 Å². The SMILES string of the molecule is CCCC[C@H]([C@H](O)c1ccc([N+](=O)[O-])cc1)[N+](=O)[O-]. The van der Waals surface area contributed by atoms with Crippen LogP contribution in [-0.2, 0) is 0 Å². The molecule has 7 heteroatoms. The molecule has 0 fully saturated rings. The lowest BCUT2D eigenvalue weighted by Crippen LogP contribution is -2.27. The summed E-state index contributed by atoms with van der Waals surface area (Å²) in [7, 11) is 0. The van der Waals surface area contributed by atoms with Gasteiger partial charge in [0.1, 0.15) is 6.10 Å². The van der Waals surface area contributed by atoms with Crippen LogP contribution < -0.4 is 0 Å². The van der Waals surface area contributed by atoms with E-state index in [1.54, 1.807) is 0 Å². The molecule has 0 aliphatic heterocycles. The highest BCUT2D eigenvalue weighted by atomic mass is 16.6. The van der Waals surface area contributed by atoms with E-state index < -0.39 is 22.0 Å². The molecule has 19 heavy (non-hydrogen) atoms. The summed E-state index contributed by atoms with van der Waals surface area (Å²) in [6, 6.07) is 4.09. The summed E-state index contributed by atoms with van der Waals surface area (Å²) in [5.74, 6) is 0. The quantitative estimate of drug-likeness (QED) is 0.603. The second kappa shape index (κ2) is 6.79. The molecule has 0 radical (unpaired) electrons. The summed E-state index contributed by atoms with van der Waals surface area (Å²) in [5, 5.41) is 31.4. The highest BCUT2D eigenvalue weighted by molar-refractivity contribution is 5.34. The molecular weight excluding hydrogens is 252 g/mol. The summed E-state index contributed by atoms with van der Waals surface area (Å²) in [5.41, 5.74) is 0.213. The van der Waals surface area contributed by atoms with E-state index in [-0.39, 0.29) is 12.1 Å². The number of benzene rings is 1. The Morgan fingerprint density at radius 1 is 1.21 bits per heavy atom. The number of hydrogen-bond donors (Lipinski definition) is 1. The zero-order valence-electron chi connectivity index (χ0n) is 10.6. The van der Waals surface area contributed by atoms with Crippen LogP contribution >= 0.6 is 0 Å². The highest BCUT2D eigenvalue weighted by Crippen LogP contribution is 2.24. The minimum atomic E-state index is -1.25. The predicted molar refractivity (Wildman–Crippen MR) is 68.4 cm³/mol. The third-order valence-corrected chi connectivity index (χ3v) is 2.93. The van der Waals surface area contributed by atoms with Gasteiger partial charge in [0, 0.05) is 23.5 Å². The molecule has 1 aromatic rings. The van der Waals surface area contributed by atoms with E-state index in [1.165, 1.54) is 24.3 Å². The van der Waals surface area contributed by atoms with Crippen molar-refractivity contribution in [2.24, 2.45) is 0 Å². The molecular formula is C12H16N2O5. The van der Waals surface area contributed by atoms with Gasteiger partial charge in [-0.15, -0.1) is 0 Å². The van der Waals surface area contributed by atoms with Gasteiger partial charge in [0.15, 0.2) is 0 Å². The molecule has 0 amide bonds. The van der Waals surface area contributed by atoms with Crippen LogP contribution in [0.15, 0.2) is 24.3 Å². The van der Waals surface area contributed by atoms with Gasteiger partial charge in [-0.1, -0.05) is 13.3 Å². The van der Waals surface area contributed by atoms with Crippen molar-refractivity contribution >= 4 is 5.69 Å². The van der Waals surface area contributed by atoms with Gasteiger partial charge in [-0.2, -0.15) is 0 Å². The Balaban J connectivity index is 2.86. The van der Waals surface area contributed by atoms with Crippen LogP contribution in [0.5, 0.6) is 0 Å². The topological polar surface area (TPSA) is 107 Å². The fraction of sp³-hybridized carbons (Fsp3) is 0.500. The van der Waals surface area contributed by atoms with E-state index in [1.807, 2.05) is 6.92 Å². The Kier molecular flexibility index (Phi) is 5.37. The first-order valence-corrected chi connectivity index (χ1v) is 6.03. The van der Waals surface area contributed by atoms with Crippen LogP contribution in [0.2, 0.25) is 0 Å². The third kappa shape index (κ3) is 3.99. The van der Waals surface area contributed by atoms with Crippen molar-refractivity contribution in [1.29, 1.82) is 0 Å². The maximum absolute atomic E-state index is 10.9. The fourth-order valence-electron chi connectivity index (χ4n) is 1.81. The van der Waals surface area contributed by atoms with Crippen molar-refractivity contribution < 1.29 is 15.0 Å². The molecule has 0 aliphatic carbocycles. The maximum atomic E-state index is 10.9. The van der Waals surface area contributed by atoms with Crippen LogP contribution in [0, 0.1) is 20.2 Å². The zero-order valence-corrected chi connectivity index (χ0v) is 10.6. The average molecular weight is 268 g/mol. The Morgan fingerprint density at radius 3 is 2.21 bits per heavy atom. The van der Waals surface area contributed by atoms with Crippen LogP contribution in [0.1, 0.15) is 37.9 Å². The molecule has 104 valence electrons. The van der Waals surface area contributed by atoms with Crippen molar-refractivity contribution in [1.82, 2.24) is 0 Å². The van der Waals surface area contributed by atoms with E-state index in [0.29, 0.717) is 12.0 Å². The molecule has 0 bridgehead atoms. The minimum Gasteiger partial charge on any atom is -0.381 e. The van der Waals surface area contributed by atoms with Crippen molar-refractivity contribution in [3.8, 4) is 0 Å². The number of hydrogen-bond acceptors (Lipinski definition) is 5. The van der Waals surface area contributed by atoms with Crippen molar-refractivity contribution in [3.63, 3.8) is 0 Å². The standard InChI is InChI=1S/C12H16N2O5/c1-2-3-4-11(14(18)19)12(15)9-5-7-10(8-6-9)13(16)17/h5-8,11-12,15H,2-4H2,1H3/t11-,12-/m1/s1. The first kappa shape index (κ1) is 15.0. The van der Waals surface area contributed by atoms with Crippen LogP contribution in [0.4, 0.5) is 5.69 Å². The monoisotopic (exact) mass is 268 g/mol. The number of aliphatic hydroxyl groups excluding tert-OH is 1. The Hall–Kier alpha value is -2.02. The summed E-state index contributed by atoms with van der Waals surface area (Å²) in [6.07, 6.45) is 0.483. The number of nitrogens with zero attached hydrogens (tertiary/aromatic N) is 2. The van der Waals surface area contributed by atoms with Crippen LogP contribution in [0.3, 0.4) is 0 Å². The number of non-ortho nitro benzene ring substituents is 1. The van der Waals surface area contributed by atoms with Gasteiger partial charge >= 0.3 is 0 Å². The molecule has 0 saturated heterocycles. The summed E-state index contributed by atoms with van der Waals surface area (Å²) in [4.78, 5) is 20.4. The molecule has 1 N–H and O–H groups in total. The maximum Gasteiger partial charge on any atom is 0.269 e. The molecule has 0 saturated carbocycles.